The molecule has 0 bridgehead atoms. The summed E-state index contributed by atoms with van der Waals surface area (Å²) in [5, 5.41) is 2.91. The lowest BCUT2D eigenvalue weighted by atomic mass is 9.86. The van der Waals surface area contributed by atoms with E-state index in [1.54, 1.807) is 24.3 Å². The lowest BCUT2D eigenvalue weighted by molar-refractivity contribution is -0.125. The smallest absolute Gasteiger partial charge is 0.342 e. The summed E-state index contributed by atoms with van der Waals surface area (Å²) >= 11 is 6.37. The van der Waals surface area contributed by atoms with Crippen molar-refractivity contribution in [3.05, 3.63) is 58.1 Å². The van der Waals surface area contributed by atoms with Gasteiger partial charge in [-0.1, -0.05) is 43.5 Å². The minimum absolute atomic E-state index is 0.0114. The second kappa shape index (κ2) is 9.85. The quantitative estimate of drug-likeness (QED) is 0.491. The summed E-state index contributed by atoms with van der Waals surface area (Å²) in [6.45, 7) is 1.65. The first kappa shape index (κ1) is 23.8. The Morgan fingerprint density at radius 3 is 2.35 bits per heavy atom. The Kier molecular flexibility index (Phi) is 6.88. The number of rotatable bonds is 6. The molecule has 2 aliphatic rings. The van der Waals surface area contributed by atoms with Gasteiger partial charge in [0.15, 0.2) is 6.61 Å². The van der Waals surface area contributed by atoms with Crippen LogP contribution in [0, 0.1) is 5.92 Å². The number of ether oxygens (including phenoxy) is 2. The molecule has 34 heavy (non-hydrogen) atoms. The number of hydrogen-bond donors (Lipinski definition) is 1. The van der Waals surface area contributed by atoms with E-state index in [1.165, 1.54) is 19.2 Å². The van der Waals surface area contributed by atoms with E-state index >= 15 is 0 Å². The highest BCUT2D eigenvalue weighted by atomic mass is 35.5. The predicted molar refractivity (Wildman–Crippen MR) is 125 cm³/mol. The third-order valence-corrected chi connectivity index (χ3v) is 6.62. The van der Waals surface area contributed by atoms with Gasteiger partial charge < -0.3 is 14.8 Å². The maximum atomic E-state index is 12.8. The number of nitrogens with one attached hydrogen (secondary N) is 1. The number of fused-ring (bicyclic) bond motifs is 1. The predicted octanol–water partition coefficient (Wildman–Crippen LogP) is 4.00. The number of anilines is 1. The van der Waals surface area contributed by atoms with E-state index in [2.05, 4.69) is 12.2 Å². The molecule has 0 unspecified atom stereocenters. The maximum absolute atomic E-state index is 12.8. The monoisotopic (exact) mass is 484 g/mol. The number of amides is 3. The number of methoxy groups -OCH3 is 1. The fraction of sp³-hybridized carbons (Fsp3) is 0.360. The summed E-state index contributed by atoms with van der Waals surface area (Å²) in [6, 6.07) is 9.13. The van der Waals surface area contributed by atoms with Gasteiger partial charge in [-0.3, -0.25) is 14.4 Å². The van der Waals surface area contributed by atoms with Gasteiger partial charge in [0.25, 0.3) is 17.7 Å². The molecule has 2 aromatic carbocycles. The summed E-state index contributed by atoms with van der Waals surface area (Å²) in [6.07, 6.45) is 4.17. The number of carbonyl (C=O) groups excluding carboxylic acids is 4. The average molecular weight is 485 g/mol. The molecule has 1 heterocycles. The average Bonchev–Trinajstić information content (AvgIpc) is 3.09. The molecular weight excluding hydrogens is 460 g/mol. The van der Waals surface area contributed by atoms with Crippen LogP contribution >= 0.6 is 11.6 Å². The van der Waals surface area contributed by atoms with E-state index in [4.69, 9.17) is 21.1 Å². The lowest BCUT2D eigenvalue weighted by Gasteiger charge is -2.29. The number of carbonyl (C=O) groups is 4. The summed E-state index contributed by atoms with van der Waals surface area (Å²) in [4.78, 5) is 51.6. The molecule has 1 saturated carbocycles. The fourth-order valence-corrected chi connectivity index (χ4v) is 4.69. The number of imide groups is 1. The van der Waals surface area contributed by atoms with Gasteiger partial charge in [0, 0.05) is 12.1 Å². The molecule has 178 valence electrons. The second-order valence-corrected chi connectivity index (χ2v) is 8.91. The van der Waals surface area contributed by atoms with Crippen molar-refractivity contribution in [2.45, 2.75) is 38.6 Å². The maximum Gasteiger partial charge on any atom is 0.342 e. The molecule has 0 radical (unpaired) electrons. The lowest BCUT2D eigenvalue weighted by Crippen LogP contribution is -2.42. The third-order valence-electron chi connectivity index (χ3n) is 6.32. The number of benzene rings is 2. The van der Waals surface area contributed by atoms with Crippen LogP contribution in [0.25, 0.3) is 0 Å². The van der Waals surface area contributed by atoms with E-state index in [1.807, 2.05) is 0 Å². The van der Waals surface area contributed by atoms with Crippen LogP contribution in [0.15, 0.2) is 36.4 Å². The van der Waals surface area contributed by atoms with Crippen LogP contribution in [0.1, 0.15) is 63.7 Å². The molecule has 9 heteroatoms. The second-order valence-electron chi connectivity index (χ2n) is 8.51. The van der Waals surface area contributed by atoms with Gasteiger partial charge >= 0.3 is 5.97 Å². The Morgan fingerprint density at radius 2 is 1.74 bits per heavy atom. The fourth-order valence-electron chi connectivity index (χ4n) is 4.44. The third kappa shape index (κ3) is 4.50. The van der Waals surface area contributed by atoms with Crippen molar-refractivity contribution in [3.63, 3.8) is 0 Å². The molecule has 0 aromatic heterocycles. The van der Waals surface area contributed by atoms with Crippen molar-refractivity contribution in [2.75, 3.05) is 18.6 Å². The molecule has 1 aliphatic heterocycles. The molecule has 2 aromatic rings. The summed E-state index contributed by atoms with van der Waals surface area (Å²) < 4.78 is 10.5. The Morgan fingerprint density at radius 1 is 1.09 bits per heavy atom. The van der Waals surface area contributed by atoms with E-state index < -0.39 is 24.4 Å². The number of esters is 1. The van der Waals surface area contributed by atoms with Crippen LogP contribution in [0.5, 0.6) is 5.75 Å². The zero-order valence-corrected chi connectivity index (χ0v) is 19.7. The summed E-state index contributed by atoms with van der Waals surface area (Å²) in [5.74, 6) is -1.79. The van der Waals surface area contributed by atoms with Crippen molar-refractivity contribution in [1.29, 1.82) is 0 Å². The van der Waals surface area contributed by atoms with Crippen molar-refractivity contribution in [2.24, 2.45) is 5.92 Å². The van der Waals surface area contributed by atoms with Gasteiger partial charge in [-0.05, 0) is 37.0 Å². The number of hydrogen-bond acceptors (Lipinski definition) is 6. The van der Waals surface area contributed by atoms with E-state index in [0.717, 1.165) is 30.6 Å². The first-order valence-electron chi connectivity index (χ1n) is 11.1. The highest BCUT2D eigenvalue weighted by Gasteiger charge is 2.38. The van der Waals surface area contributed by atoms with E-state index in [-0.39, 0.29) is 45.1 Å². The highest BCUT2D eigenvalue weighted by Crippen LogP contribution is 2.38. The highest BCUT2D eigenvalue weighted by molar-refractivity contribution is 6.40. The minimum Gasteiger partial charge on any atom is -0.496 e. The van der Waals surface area contributed by atoms with Crippen molar-refractivity contribution in [3.8, 4) is 5.75 Å². The van der Waals surface area contributed by atoms with Crippen molar-refractivity contribution >= 4 is 41.0 Å². The molecule has 3 amide bonds. The van der Waals surface area contributed by atoms with Gasteiger partial charge in [0.1, 0.15) is 11.3 Å². The van der Waals surface area contributed by atoms with Crippen LogP contribution in [-0.2, 0) is 9.53 Å². The Balaban J connectivity index is 1.49. The van der Waals surface area contributed by atoms with Gasteiger partial charge in [0.05, 0.1) is 28.9 Å². The van der Waals surface area contributed by atoms with Crippen molar-refractivity contribution in [1.82, 2.24) is 5.32 Å². The molecule has 1 fully saturated rings. The van der Waals surface area contributed by atoms with Crippen LogP contribution < -0.4 is 15.0 Å². The standard InChI is InChI=1S/C25H25ClN2O6/c1-14-7-3-6-10-19(14)27-22(29)13-34-25(32)17-11-18(26)20(12-21(17)33-2)28-23(30)15-8-4-5-9-16(15)24(28)31/h4-5,8-9,11-12,14,19H,3,6-7,10,13H2,1-2H3,(H,27,29)/t14-,19+/m1/s1. The Labute approximate surface area is 202 Å². The van der Waals surface area contributed by atoms with Gasteiger partial charge in [-0.15, -0.1) is 0 Å². The van der Waals surface area contributed by atoms with Crippen molar-refractivity contribution < 1.29 is 28.7 Å². The zero-order valence-electron chi connectivity index (χ0n) is 18.9. The number of halogens is 1. The summed E-state index contributed by atoms with van der Waals surface area (Å²) in [7, 11) is 1.34. The van der Waals surface area contributed by atoms with Gasteiger partial charge in [-0.25, -0.2) is 9.69 Å². The van der Waals surface area contributed by atoms with Crippen LogP contribution in [-0.4, -0.2) is 43.4 Å². The molecule has 1 N–H and O–H groups in total. The molecule has 0 saturated heterocycles. The van der Waals surface area contributed by atoms with E-state index in [9.17, 15) is 19.2 Å². The molecule has 4 rings (SSSR count). The van der Waals surface area contributed by atoms with Crippen LogP contribution in [0.4, 0.5) is 5.69 Å². The van der Waals surface area contributed by atoms with E-state index in [0.29, 0.717) is 5.92 Å². The molecule has 2 atom stereocenters. The molecule has 8 nitrogen and oxygen atoms in total. The summed E-state index contributed by atoms with van der Waals surface area (Å²) in [5.41, 5.74) is 0.602. The Hall–Kier alpha value is -3.39. The molecule has 1 aliphatic carbocycles. The first-order valence-corrected chi connectivity index (χ1v) is 11.5. The van der Waals surface area contributed by atoms with Crippen LogP contribution in [0.2, 0.25) is 5.02 Å². The van der Waals surface area contributed by atoms with Gasteiger partial charge in [-0.2, -0.15) is 0 Å². The SMILES string of the molecule is COc1cc(N2C(=O)c3ccccc3C2=O)c(Cl)cc1C(=O)OCC(=O)N[C@H]1CCCC[C@H]1C. The molecular formula is C25H25ClN2O6. The number of nitrogens with zero attached hydrogens (tertiary/aromatic N) is 1. The van der Waals surface area contributed by atoms with Crippen LogP contribution in [0.3, 0.4) is 0 Å². The largest absolute Gasteiger partial charge is 0.496 e. The normalized spacial score (nSPS) is 19.6. The first-order chi connectivity index (χ1) is 16.3. The Bertz CT molecular complexity index is 1130. The zero-order chi connectivity index (χ0) is 24.4. The van der Waals surface area contributed by atoms with Gasteiger partial charge in [0.2, 0.25) is 0 Å². The minimum atomic E-state index is -0.806. The molecule has 0 spiro atoms. The topological polar surface area (TPSA) is 102 Å².